The first-order valence-electron chi connectivity index (χ1n) is 5.38. The summed E-state index contributed by atoms with van der Waals surface area (Å²) in [5.74, 6) is 0.737. The van der Waals surface area contributed by atoms with Crippen LogP contribution in [-0.2, 0) is 11.3 Å². The molecule has 0 saturated carbocycles. The zero-order chi connectivity index (χ0) is 11.5. The van der Waals surface area contributed by atoms with Crippen LogP contribution in [0.15, 0.2) is 15.9 Å². The lowest BCUT2D eigenvalue weighted by Crippen LogP contribution is -2.33. The van der Waals surface area contributed by atoms with Crippen LogP contribution in [0.1, 0.15) is 11.8 Å². The van der Waals surface area contributed by atoms with Gasteiger partial charge in [-0.3, -0.25) is 4.79 Å². The molecule has 2 rings (SSSR count). The summed E-state index contributed by atoms with van der Waals surface area (Å²) in [7, 11) is 0. The minimum Gasteiger partial charge on any atom is -0.351 e. The van der Waals surface area contributed by atoms with Crippen molar-refractivity contribution in [1.29, 1.82) is 0 Å². The van der Waals surface area contributed by atoms with Crippen molar-refractivity contribution in [3.8, 4) is 0 Å². The number of carbonyl (C=O) groups excluding carboxylic acids is 1. The van der Waals surface area contributed by atoms with Gasteiger partial charge in [-0.05, 0) is 34.5 Å². The highest BCUT2D eigenvalue weighted by atomic mass is 79.9. The van der Waals surface area contributed by atoms with Gasteiger partial charge in [0.2, 0.25) is 5.91 Å². The van der Waals surface area contributed by atoms with E-state index in [1.54, 1.807) is 11.3 Å². The minimum absolute atomic E-state index is 0.128. The third kappa shape index (κ3) is 2.84. The van der Waals surface area contributed by atoms with Gasteiger partial charge >= 0.3 is 0 Å². The lowest BCUT2D eigenvalue weighted by molar-refractivity contribution is -0.125. The van der Waals surface area contributed by atoms with Crippen molar-refractivity contribution in [2.24, 2.45) is 11.8 Å². The van der Waals surface area contributed by atoms with Crippen molar-refractivity contribution < 1.29 is 4.79 Å². The van der Waals surface area contributed by atoms with E-state index in [1.807, 2.05) is 11.4 Å². The molecular formula is C11H15BrN2OS. The lowest BCUT2D eigenvalue weighted by Gasteiger charge is -2.13. The molecule has 0 aliphatic carbocycles. The van der Waals surface area contributed by atoms with Crippen molar-refractivity contribution in [3.63, 3.8) is 0 Å². The average molecular weight is 303 g/mol. The first-order chi connectivity index (χ1) is 7.66. The standard InChI is InChI=1S/C11H15BrN2OS/c1-7-3-13-5-10(7)11(15)14-4-9-2-8(12)6-16-9/h2,6-7,10,13H,3-5H2,1H3,(H,14,15)/t7-,10-/m1/s1. The van der Waals surface area contributed by atoms with Gasteiger partial charge in [0, 0.05) is 21.3 Å². The second-order valence-electron chi connectivity index (χ2n) is 4.19. The highest BCUT2D eigenvalue weighted by molar-refractivity contribution is 9.10. The second-order valence-corrected chi connectivity index (χ2v) is 6.10. The van der Waals surface area contributed by atoms with Crippen molar-refractivity contribution in [2.45, 2.75) is 13.5 Å². The summed E-state index contributed by atoms with van der Waals surface area (Å²) in [6.45, 7) is 4.51. The molecule has 1 aliphatic rings. The molecule has 0 aromatic carbocycles. The number of hydrogen-bond acceptors (Lipinski definition) is 3. The number of nitrogens with one attached hydrogen (secondary N) is 2. The smallest absolute Gasteiger partial charge is 0.225 e. The van der Waals surface area contributed by atoms with Gasteiger partial charge in [-0.15, -0.1) is 11.3 Å². The van der Waals surface area contributed by atoms with Gasteiger partial charge in [-0.2, -0.15) is 0 Å². The fourth-order valence-electron chi connectivity index (χ4n) is 1.91. The average Bonchev–Trinajstić information content (AvgIpc) is 2.84. The van der Waals surface area contributed by atoms with E-state index < -0.39 is 0 Å². The van der Waals surface area contributed by atoms with Crippen LogP contribution in [0.2, 0.25) is 0 Å². The Bertz CT molecular complexity index is 380. The van der Waals surface area contributed by atoms with Gasteiger partial charge in [-0.1, -0.05) is 6.92 Å². The van der Waals surface area contributed by atoms with Crippen LogP contribution in [0.3, 0.4) is 0 Å². The zero-order valence-electron chi connectivity index (χ0n) is 9.13. The molecule has 2 heterocycles. The van der Waals surface area contributed by atoms with Crippen molar-refractivity contribution in [1.82, 2.24) is 10.6 Å². The maximum absolute atomic E-state index is 11.9. The summed E-state index contributed by atoms with van der Waals surface area (Å²) in [4.78, 5) is 13.1. The number of halogens is 1. The summed E-state index contributed by atoms with van der Waals surface area (Å²) in [5.41, 5.74) is 0. The largest absolute Gasteiger partial charge is 0.351 e. The number of thiophene rings is 1. The third-order valence-electron chi connectivity index (χ3n) is 2.91. The highest BCUT2D eigenvalue weighted by Gasteiger charge is 2.29. The Morgan fingerprint density at radius 1 is 1.69 bits per heavy atom. The number of carbonyl (C=O) groups is 1. The van der Waals surface area contributed by atoms with Crippen molar-refractivity contribution >= 4 is 33.2 Å². The third-order valence-corrected chi connectivity index (χ3v) is 4.61. The first-order valence-corrected chi connectivity index (χ1v) is 7.05. The van der Waals surface area contributed by atoms with E-state index in [9.17, 15) is 4.79 Å². The quantitative estimate of drug-likeness (QED) is 0.896. The van der Waals surface area contributed by atoms with Gasteiger partial charge in [0.1, 0.15) is 0 Å². The zero-order valence-corrected chi connectivity index (χ0v) is 11.5. The van der Waals surface area contributed by atoms with Crippen LogP contribution >= 0.6 is 27.3 Å². The highest BCUT2D eigenvalue weighted by Crippen LogP contribution is 2.20. The predicted molar refractivity (Wildman–Crippen MR) is 69.4 cm³/mol. The van der Waals surface area contributed by atoms with E-state index in [-0.39, 0.29) is 11.8 Å². The summed E-state index contributed by atoms with van der Waals surface area (Å²) in [6, 6.07) is 2.04. The maximum atomic E-state index is 11.9. The van der Waals surface area contributed by atoms with Crippen molar-refractivity contribution in [3.05, 3.63) is 20.8 Å². The Hall–Kier alpha value is -0.390. The monoisotopic (exact) mass is 302 g/mol. The molecule has 3 nitrogen and oxygen atoms in total. The molecule has 0 unspecified atom stereocenters. The normalized spacial score (nSPS) is 24.6. The van der Waals surface area contributed by atoms with Gasteiger partial charge in [0.15, 0.2) is 0 Å². The van der Waals surface area contributed by atoms with E-state index >= 15 is 0 Å². The molecule has 5 heteroatoms. The molecule has 1 aromatic rings. The van der Waals surface area contributed by atoms with E-state index in [4.69, 9.17) is 0 Å². The van der Waals surface area contributed by atoms with Crippen LogP contribution < -0.4 is 10.6 Å². The van der Waals surface area contributed by atoms with E-state index in [1.165, 1.54) is 4.88 Å². The molecule has 16 heavy (non-hydrogen) atoms. The van der Waals surface area contributed by atoms with Crippen LogP contribution in [0.4, 0.5) is 0 Å². The SMILES string of the molecule is C[C@@H]1CNC[C@H]1C(=O)NCc1cc(Br)cs1. The number of amides is 1. The van der Waals surface area contributed by atoms with E-state index in [2.05, 4.69) is 33.5 Å². The molecule has 2 atom stereocenters. The molecule has 0 bridgehead atoms. The van der Waals surface area contributed by atoms with Gasteiger partial charge < -0.3 is 10.6 Å². The van der Waals surface area contributed by atoms with E-state index in [0.717, 1.165) is 17.6 Å². The molecule has 2 N–H and O–H groups in total. The fraction of sp³-hybridized carbons (Fsp3) is 0.545. The number of rotatable bonds is 3. The molecular weight excluding hydrogens is 288 g/mol. The Balaban J connectivity index is 1.83. The van der Waals surface area contributed by atoms with E-state index in [0.29, 0.717) is 12.5 Å². The Morgan fingerprint density at radius 2 is 2.50 bits per heavy atom. The Morgan fingerprint density at radius 3 is 3.06 bits per heavy atom. The summed E-state index contributed by atoms with van der Waals surface area (Å²) in [6.07, 6.45) is 0. The Labute approximate surface area is 108 Å². The maximum Gasteiger partial charge on any atom is 0.225 e. The summed E-state index contributed by atoms with van der Waals surface area (Å²) >= 11 is 5.06. The molecule has 1 aromatic heterocycles. The molecule has 1 saturated heterocycles. The molecule has 0 radical (unpaired) electrons. The minimum atomic E-state index is 0.128. The van der Waals surface area contributed by atoms with Crippen LogP contribution in [0.5, 0.6) is 0 Å². The topological polar surface area (TPSA) is 41.1 Å². The van der Waals surface area contributed by atoms with Gasteiger partial charge in [0.05, 0.1) is 12.5 Å². The van der Waals surface area contributed by atoms with Gasteiger partial charge in [-0.25, -0.2) is 0 Å². The molecule has 0 spiro atoms. The lowest BCUT2D eigenvalue weighted by atomic mass is 9.97. The second kappa shape index (κ2) is 5.29. The predicted octanol–water partition coefficient (Wildman–Crippen LogP) is 1.98. The van der Waals surface area contributed by atoms with Crippen LogP contribution in [0.25, 0.3) is 0 Å². The van der Waals surface area contributed by atoms with Crippen LogP contribution in [0, 0.1) is 11.8 Å². The number of hydrogen-bond donors (Lipinski definition) is 2. The van der Waals surface area contributed by atoms with Gasteiger partial charge in [0.25, 0.3) is 0 Å². The molecule has 1 aliphatic heterocycles. The fourth-order valence-corrected chi connectivity index (χ4v) is 3.30. The molecule has 88 valence electrons. The van der Waals surface area contributed by atoms with Crippen molar-refractivity contribution in [2.75, 3.05) is 13.1 Å². The first kappa shape index (κ1) is 12.1. The summed E-state index contributed by atoms with van der Waals surface area (Å²) in [5, 5.41) is 8.26. The summed E-state index contributed by atoms with van der Waals surface area (Å²) < 4.78 is 1.08. The van der Waals surface area contributed by atoms with Crippen LogP contribution in [-0.4, -0.2) is 19.0 Å². The Kier molecular flexibility index (Phi) is 4.00. The molecule has 1 fully saturated rings. The molecule has 1 amide bonds.